The number of allylic oxidation sites excluding steroid dienone is 1. The van der Waals surface area contributed by atoms with E-state index in [0.29, 0.717) is 41.6 Å². The predicted octanol–water partition coefficient (Wildman–Crippen LogP) is 19.8. The molecule has 78 heavy (non-hydrogen) atoms. The summed E-state index contributed by atoms with van der Waals surface area (Å²) in [5.41, 5.74) is 4.36. The summed E-state index contributed by atoms with van der Waals surface area (Å²) in [6, 6.07) is 13.8. The van der Waals surface area contributed by atoms with E-state index in [1.165, 1.54) is 147 Å². The molecule has 0 saturated heterocycles. The van der Waals surface area contributed by atoms with E-state index < -0.39 is 18.7 Å². The molecule has 9 atom stereocenters. The van der Waals surface area contributed by atoms with Crippen molar-refractivity contribution in [2.75, 3.05) is 20.8 Å². The lowest BCUT2D eigenvalue weighted by Gasteiger charge is -2.58. The minimum absolute atomic E-state index is 0.175. The van der Waals surface area contributed by atoms with Crippen LogP contribution >= 0.6 is 19.4 Å². The van der Waals surface area contributed by atoms with Gasteiger partial charge in [-0.1, -0.05) is 191 Å². The summed E-state index contributed by atoms with van der Waals surface area (Å²) in [4.78, 5) is 25.0. The van der Waals surface area contributed by atoms with Gasteiger partial charge in [0.1, 0.15) is 5.75 Å². The van der Waals surface area contributed by atoms with E-state index >= 15 is 0 Å². The Labute approximate surface area is 480 Å². The normalized spacial score (nSPS) is 25.3. The van der Waals surface area contributed by atoms with Gasteiger partial charge >= 0.3 is 19.8 Å². The summed E-state index contributed by atoms with van der Waals surface area (Å²) in [6.07, 6.45) is 36.2. The molecule has 3 fully saturated rings. The second kappa shape index (κ2) is 30.1. The van der Waals surface area contributed by atoms with Crippen LogP contribution in [0.2, 0.25) is 5.02 Å². The summed E-state index contributed by atoms with van der Waals surface area (Å²) < 4.78 is 43.6. The number of benzene rings is 2. The molecule has 3 saturated carbocycles. The Morgan fingerprint density at radius 3 is 1.79 bits per heavy atom. The Balaban J connectivity index is 0.850. The molecule has 4 aliphatic carbocycles. The van der Waals surface area contributed by atoms with Crippen LogP contribution in [0, 0.1) is 57.2 Å². The molecule has 10 heteroatoms. The molecule has 0 aliphatic heterocycles. The number of para-hydroxylation sites is 1. The van der Waals surface area contributed by atoms with Crippen molar-refractivity contribution < 1.29 is 37.2 Å². The van der Waals surface area contributed by atoms with Crippen molar-refractivity contribution in [3.05, 3.63) is 75.8 Å². The first-order chi connectivity index (χ1) is 37.1. The van der Waals surface area contributed by atoms with E-state index in [1.807, 2.05) is 39.8 Å². The Bertz CT molecular complexity index is 2220. The van der Waals surface area contributed by atoms with Gasteiger partial charge in [0.2, 0.25) is 0 Å². The number of phosphoric acid groups is 1. The van der Waals surface area contributed by atoms with Gasteiger partial charge in [-0.05, 0) is 186 Å². The molecule has 2 aromatic rings. The van der Waals surface area contributed by atoms with Gasteiger partial charge in [0.15, 0.2) is 0 Å². The molecule has 4 aliphatic rings. The van der Waals surface area contributed by atoms with Gasteiger partial charge in [-0.3, -0.25) is 18.6 Å². The third-order valence-electron chi connectivity index (χ3n) is 19.8. The number of ether oxygens (including phenoxy) is 2. The zero-order chi connectivity index (χ0) is 56.6. The molecule has 440 valence electrons. The minimum atomic E-state index is -3.95. The van der Waals surface area contributed by atoms with Crippen molar-refractivity contribution in [1.29, 1.82) is 0 Å². The summed E-state index contributed by atoms with van der Waals surface area (Å²) in [5, 5.41) is 0.405. The van der Waals surface area contributed by atoms with Crippen LogP contribution in [0.3, 0.4) is 0 Å². The zero-order valence-electron chi connectivity index (χ0n) is 51.0. The predicted molar refractivity (Wildman–Crippen MR) is 322 cm³/mol. The fraction of sp³-hybridized carbons (Fsp3) is 0.765. The average molecular weight is 1120 g/mol. The maximum absolute atomic E-state index is 14.6. The Kier molecular flexibility index (Phi) is 24.9. The lowest BCUT2D eigenvalue weighted by Crippen LogP contribution is -2.51. The van der Waals surface area contributed by atoms with E-state index in [-0.39, 0.29) is 23.5 Å². The summed E-state index contributed by atoms with van der Waals surface area (Å²) in [6.45, 7) is 20.6. The van der Waals surface area contributed by atoms with E-state index in [0.717, 1.165) is 92.1 Å². The van der Waals surface area contributed by atoms with Crippen LogP contribution in [0.5, 0.6) is 5.75 Å². The van der Waals surface area contributed by atoms with Crippen LogP contribution in [0.1, 0.15) is 246 Å². The third-order valence-corrected chi connectivity index (χ3v) is 21.6. The van der Waals surface area contributed by atoms with Gasteiger partial charge in [0.25, 0.3) is 0 Å². The molecular formula is C68H108ClO8P. The number of phosphoric ester groups is 1. The standard InChI is InChI=1S/C68H108ClO8P/c1-50(2)30-29-31-51(3)58-37-38-59-57-36-35-55-47-56(39-41-67(55,8)60(57)40-42-68(58,59)9)76-78(72,77-62-34-27-26-33-61(62)69)75-43-28-24-22-20-18-16-14-12-13-15-17-19-21-23-25-32-52-44-53(48-65(4,5)63(70)73-10)46-54(45-52)49-66(6,7)64(71)74-11/h26-27,33-35,44-46,50-51,56-60H,12-25,28-32,36-43,47-49H2,1-11H3/t51?,56-,57?,58?,59?,60?,67+,68-,78?/m1/s1. The number of hydrogen-bond acceptors (Lipinski definition) is 8. The quantitative estimate of drug-likeness (QED) is 0.0296. The Morgan fingerprint density at radius 2 is 1.23 bits per heavy atom. The van der Waals surface area contributed by atoms with E-state index in [2.05, 4.69) is 58.9 Å². The number of carbonyl (C=O) groups is 2. The molecule has 6 rings (SSSR count). The van der Waals surface area contributed by atoms with E-state index in [9.17, 15) is 14.2 Å². The molecular weight excluding hydrogens is 1010 g/mol. The van der Waals surface area contributed by atoms with Crippen molar-refractivity contribution in [2.45, 2.75) is 255 Å². The fourth-order valence-electron chi connectivity index (χ4n) is 15.5. The van der Waals surface area contributed by atoms with Crippen molar-refractivity contribution in [1.82, 2.24) is 0 Å². The molecule has 0 spiro atoms. The first kappa shape index (κ1) is 64.5. The smallest absolute Gasteiger partial charge is 0.469 e. The minimum Gasteiger partial charge on any atom is -0.469 e. The number of carbonyl (C=O) groups excluding carboxylic acids is 2. The van der Waals surface area contributed by atoms with E-state index in [1.54, 1.807) is 12.1 Å². The average Bonchev–Trinajstić information content (AvgIpc) is 3.99. The summed E-state index contributed by atoms with van der Waals surface area (Å²) in [7, 11) is -1.06. The van der Waals surface area contributed by atoms with Crippen molar-refractivity contribution in [3.63, 3.8) is 0 Å². The van der Waals surface area contributed by atoms with Crippen molar-refractivity contribution >= 4 is 31.4 Å². The number of aryl methyl sites for hydroxylation is 1. The Hall–Kier alpha value is -2.64. The summed E-state index contributed by atoms with van der Waals surface area (Å²) >= 11 is 6.54. The second-order valence-electron chi connectivity index (χ2n) is 27.4. The van der Waals surface area contributed by atoms with E-state index in [4.69, 9.17) is 34.6 Å². The van der Waals surface area contributed by atoms with Crippen LogP contribution in [0.15, 0.2) is 54.1 Å². The molecule has 2 aromatic carbocycles. The number of rotatable bonds is 34. The number of methoxy groups -OCH3 is 2. The highest BCUT2D eigenvalue weighted by Gasteiger charge is 2.59. The molecule has 0 N–H and O–H groups in total. The topological polar surface area (TPSA) is 97.4 Å². The van der Waals surface area contributed by atoms with Gasteiger partial charge in [-0.15, -0.1) is 0 Å². The lowest BCUT2D eigenvalue weighted by atomic mass is 9.47. The highest BCUT2D eigenvalue weighted by Crippen LogP contribution is 2.68. The van der Waals surface area contributed by atoms with Crippen LogP contribution in [-0.4, -0.2) is 38.9 Å². The molecule has 0 aromatic heterocycles. The molecule has 0 bridgehead atoms. The SMILES string of the molecule is COC(=O)C(C)(C)Cc1cc(CCCCCCCCCCCCCCCCCOP(=O)(Oc2ccccc2Cl)O[C@@H]2CC[C@@]3(C)C(=CCC4C5CCC(C(C)CCCC(C)C)[C@@]5(C)CCC43)C2)cc(CC(C)(C)C(=O)OC)c1. The number of unbranched alkanes of at least 4 members (excludes halogenated alkanes) is 14. The molecule has 6 unspecified atom stereocenters. The number of halogens is 1. The maximum Gasteiger partial charge on any atom is 0.530 e. The molecule has 0 amide bonds. The first-order valence-corrected chi connectivity index (χ1v) is 33.3. The van der Waals surface area contributed by atoms with Crippen LogP contribution < -0.4 is 4.52 Å². The van der Waals surface area contributed by atoms with Crippen LogP contribution in [0.25, 0.3) is 0 Å². The van der Waals surface area contributed by atoms with Crippen LogP contribution in [0.4, 0.5) is 0 Å². The van der Waals surface area contributed by atoms with Gasteiger partial charge in [0, 0.05) is 0 Å². The van der Waals surface area contributed by atoms with Gasteiger partial charge in [0.05, 0.1) is 42.8 Å². The van der Waals surface area contributed by atoms with Crippen molar-refractivity contribution in [3.8, 4) is 5.75 Å². The second-order valence-corrected chi connectivity index (χ2v) is 29.3. The molecule has 8 nitrogen and oxygen atoms in total. The lowest BCUT2D eigenvalue weighted by molar-refractivity contribution is -0.151. The first-order valence-electron chi connectivity index (χ1n) is 31.5. The zero-order valence-corrected chi connectivity index (χ0v) is 52.6. The monoisotopic (exact) mass is 1120 g/mol. The number of hydrogen-bond donors (Lipinski definition) is 0. The summed E-state index contributed by atoms with van der Waals surface area (Å²) in [5.74, 6) is 4.70. The largest absolute Gasteiger partial charge is 0.530 e. The van der Waals surface area contributed by atoms with Gasteiger partial charge < -0.3 is 14.0 Å². The van der Waals surface area contributed by atoms with Crippen LogP contribution in [-0.2, 0) is 51.9 Å². The number of fused-ring (bicyclic) bond motifs is 5. The maximum atomic E-state index is 14.6. The molecule has 0 radical (unpaired) electrons. The van der Waals surface area contributed by atoms with Crippen molar-refractivity contribution in [2.24, 2.45) is 57.2 Å². The fourth-order valence-corrected chi connectivity index (χ4v) is 17.1. The highest BCUT2D eigenvalue weighted by molar-refractivity contribution is 7.49. The highest BCUT2D eigenvalue weighted by atomic mass is 35.5. The van der Waals surface area contributed by atoms with Gasteiger partial charge in [-0.25, -0.2) is 4.57 Å². The number of esters is 2. The van der Waals surface area contributed by atoms with Gasteiger partial charge in [-0.2, -0.15) is 0 Å². The third kappa shape index (κ3) is 17.9. The molecule has 0 heterocycles. The Morgan fingerprint density at radius 1 is 0.679 bits per heavy atom.